The Labute approximate surface area is 103 Å². The summed E-state index contributed by atoms with van der Waals surface area (Å²) in [4.78, 5) is 0. The molecule has 0 saturated heterocycles. The molecule has 17 heavy (non-hydrogen) atoms. The van der Waals surface area contributed by atoms with Crippen LogP contribution in [0.25, 0.3) is 0 Å². The lowest BCUT2D eigenvalue weighted by atomic mass is 10.0. The molecule has 1 aromatic carbocycles. The van der Waals surface area contributed by atoms with E-state index in [0.717, 1.165) is 5.56 Å². The van der Waals surface area contributed by atoms with Crippen LogP contribution in [-0.4, -0.2) is 14.9 Å². The van der Waals surface area contributed by atoms with Crippen LogP contribution in [0.2, 0.25) is 5.02 Å². The average molecular weight is 255 g/mol. The lowest BCUT2D eigenvalue weighted by Crippen LogP contribution is -2.04. The highest BCUT2D eigenvalue weighted by atomic mass is 35.5. The van der Waals surface area contributed by atoms with Gasteiger partial charge in [-0.25, -0.2) is 4.39 Å². The summed E-state index contributed by atoms with van der Waals surface area (Å²) >= 11 is 5.87. The number of aliphatic hydroxyl groups is 1. The number of aromatic nitrogens is 2. The molecule has 1 aromatic heterocycles. The van der Waals surface area contributed by atoms with Gasteiger partial charge in [0.25, 0.3) is 0 Å². The van der Waals surface area contributed by atoms with Crippen molar-refractivity contribution in [3.8, 4) is 0 Å². The summed E-state index contributed by atoms with van der Waals surface area (Å²) < 4.78 is 15.2. The van der Waals surface area contributed by atoms with Crippen molar-refractivity contribution >= 4 is 11.6 Å². The van der Waals surface area contributed by atoms with E-state index >= 15 is 0 Å². The van der Waals surface area contributed by atoms with Crippen LogP contribution < -0.4 is 0 Å². The van der Waals surface area contributed by atoms with E-state index in [1.54, 1.807) is 30.2 Å². The number of rotatable bonds is 3. The van der Waals surface area contributed by atoms with Crippen LogP contribution in [0.4, 0.5) is 4.39 Å². The second kappa shape index (κ2) is 4.85. The van der Waals surface area contributed by atoms with Gasteiger partial charge in [0, 0.05) is 30.3 Å². The normalized spacial score (nSPS) is 12.7. The predicted molar refractivity (Wildman–Crippen MR) is 63.3 cm³/mol. The molecule has 0 aliphatic carbocycles. The predicted octanol–water partition coefficient (Wildman–Crippen LogP) is 2.49. The van der Waals surface area contributed by atoms with Crippen molar-refractivity contribution in [1.82, 2.24) is 9.78 Å². The molecular weight excluding hydrogens is 243 g/mol. The van der Waals surface area contributed by atoms with E-state index in [2.05, 4.69) is 5.10 Å². The maximum Gasteiger partial charge on any atom is 0.130 e. The Kier molecular flexibility index (Phi) is 3.45. The first-order valence-electron chi connectivity index (χ1n) is 5.17. The standard InChI is InChI=1S/C12H12ClFN2O/c1-16-7-8(6-15-16)5-11(17)12-9(13)3-2-4-10(12)14/h2-4,6-7,11,17H,5H2,1H3. The van der Waals surface area contributed by atoms with E-state index in [4.69, 9.17) is 11.6 Å². The lowest BCUT2D eigenvalue weighted by Gasteiger charge is -2.12. The quantitative estimate of drug-likeness (QED) is 0.914. The average Bonchev–Trinajstić information content (AvgIpc) is 2.63. The van der Waals surface area contributed by atoms with Gasteiger partial charge in [0.15, 0.2) is 0 Å². The molecule has 1 atom stereocenters. The molecule has 1 N–H and O–H groups in total. The molecule has 0 fully saturated rings. The third kappa shape index (κ3) is 2.65. The molecule has 0 radical (unpaired) electrons. The molecule has 2 rings (SSSR count). The van der Waals surface area contributed by atoms with Crippen molar-refractivity contribution in [2.75, 3.05) is 0 Å². The van der Waals surface area contributed by atoms with Crippen LogP contribution in [0, 0.1) is 5.82 Å². The number of aryl methyl sites for hydroxylation is 1. The second-order valence-electron chi connectivity index (χ2n) is 3.88. The van der Waals surface area contributed by atoms with Gasteiger partial charge in [-0.3, -0.25) is 4.68 Å². The number of benzene rings is 1. The van der Waals surface area contributed by atoms with Crippen LogP contribution >= 0.6 is 11.6 Å². The maximum atomic E-state index is 13.5. The Morgan fingerprint density at radius 3 is 2.88 bits per heavy atom. The van der Waals surface area contributed by atoms with Gasteiger partial charge in [0.1, 0.15) is 5.82 Å². The fourth-order valence-electron chi connectivity index (χ4n) is 1.73. The summed E-state index contributed by atoms with van der Waals surface area (Å²) in [5.74, 6) is -0.492. The Morgan fingerprint density at radius 2 is 2.29 bits per heavy atom. The third-order valence-electron chi connectivity index (χ3n) is 2.52. The molecule has 0 spiro atoms. The summed E-state index contributed by atoms with van der Waals surface area (Å²) in [5, 5.41) is 14.2. The molecule has 0 aliphatic heterocycles. The molecular formula is C12H12ClFN2O. The zero-order chi connectivity index (χ0) is 12.4. The summed E-state index contributed by atoms with van der Waals surface area (Å²) in [5.41, 5.74) is 0.970. The molecule has 3 nitrogen and oxygen atoms in total. The van der Waals surface area contributed by atoms with Gasteiger partial charge in [-0.15, -0.1) is 0 Å². The Balaban J connectivity index is 2.22. The molecule has 1 unspecified atom stereocenters. The lowest BCUT2D eigenvalue weighted by molar-refractivity contribution is 0.173. The first-order valence-corrected chi connectivity index (χ1v) is 5.55. The van der Waals surface area contributed by atoms with Crippen molar-refractivity contribution in [2.45, 2.75) is 12.5 Å². The number of hydrogen-bond acceptors (Lipinski definition) is 2. The Morgan fingerprint density at radius 1 is 1.53 bits per heavy atom. The summed E-state index contributed by atoms with van der Waals surface area (Å²) in [6.07, 6.45) is 2.73. The van der Waals surface area contributed by atoms with Gasteiger partial charge in [-0.1, -0.05) is 17.7 Å². The molecule has 90 valence electrons. The smallest absolute Gasteiger partial charge is 0.130 e. The van der Waals surface area contributed by atoms with E-state index in [9.17, 15) is 9.50 Å². The van der Waals surface area contributed by atoms with Gasteiger partial charge >= 0.3 is 0 Å². The monoisotopic (exact) mass is 254 g/mol. The fourth-order valence-corrected chi connectivity index (χ4v) is 2.02. The molecule has 5 heteroatoms. The zero-order valence-corrected chi connectivity index (χ0v) is 10.0. The highest BCUT2D eigenvalue weighted by molar-refractivity contribution is 6.31. The fraction of sp³-hybridized carbons (Fsp3) is 0.250. The Hall–Kier alpha value is -1.39. The molecule has 0 amide bonds. The number of nitrogens with zero attached hydrogens (tertiary/aromatic N) is 2. The van der Waals surface area contributed by atoms with E-state index in [1.807, 2.05) is 0 Å². The topological polar surface area (TPSA) is 38.0 Å². The SMILES string of the molecule is Cn1cc(CC(O)c2c(F)cccc2Cl)cn1. The first-order chi connectivity index (χ1) is 8.08. The molecule has 2 aromatic rings. The minimum Gasteiger partial charge on any atom is -0.388 e. The van der Waals surface area contributed by atoms with Crippen molar-refractivity contribution in [3.05, 3.63) is 52.6 Å². The highest BCUT2D eigenvalue weighted by Crippen LogP contribution is 2.27. The zero-order valence-electron chi connectivity index (χ0n) is 9.27. The van der Waals surface area contributed by atoms with Crippen molar-refractivity contribution in [3.63, 3.8) is 0 Å². The van der Waals surface area contributed by atoms with Gasteiger partial charge in [-0.05, 0) is 17.7 Å². The van der Waals surface area contributed by atoms with Crippen LogP contribution in [0.5, 0.6) is 0 Å². The third-order valence-corrected chi connectivity index (χ3v) is 2.85. The molecule has 0 aliphatic rings. The Bertz CT molecular complexity index is 507. The minimum absolute atomic E-state index is 0.137. The highest BCUT2D eigenvalue weighted by Gasteiger charge is 2.17. The van der Waals surface area contributed by atoms with Crippen molar-refractivity contribution < 1.29 is 9.50 Å². The van der Waals surface area contributed by atoms with E-state index < -0.39 is 11.9 Å². The first kappa shape index (κ1) is 12.1. The summed E-state index contributed by atoms with van der Waals surface area (Å²) in [6, 6.07) is 4.36. The van der Waals surface area contributed by atoms with E-state index in [-0.39, 0.29) is 17.0 Å². The van der Waals surface area contributed by atoms with Crippen molar-refractivity contribution in [1.29, 1.82) is 0 Å². The van der Waals surface area contributed by atoms with Gasteiger partial charge < -0.3 is 5.11 Å². The van der Waals surface area contributed by atoms with E-state index in [1.165, 1.54) is 12.1 Å². The number of hydrogen-bond donors (Lipinski definition) is 1. The molecule has 1 heterocycles. The van der Waals surface area contributed by atoms with Crippen LogP contribution in [0.1, 0.15) is 17.2 Å². The van der Waals surface area contributed by atoms with Crippen molar-refractivity contribution in [2.24, 2.45) is 7.05 Å². The molecule has 0 saturated carbocycles. The number of aliphatic hydroxyl groups excluding tert-OH is 1. The second-order valence-corrected chi connectivity index (χ2v) is 4.28. The van der Waals surface area contributed by atoms with Crippen LogP contribution in [0.15, 0.2) is 30.6 Å². The summed E-state index contributed by atoms with van der Waals surface area (Å²) in [6.45, 7) is 0. The largest absolute Gasteiger partial charge is 0.388 e. The van der Waals surface area contributed by atoms with Gasteiger partial charge in [0.05, 0.1) is 12.3 Å². The van der Waals surface area contributed by atoms with Crippen LogP contribution in [-0.2, 0) is 13.5 Å². The minimum atomic E-state index is -0.965. The van der Waals surface area contributed by atoms with E-state index in [0.29, 0.717) is 0 Å². The van der Waals surface area contributed by atoms with Crippen LogP contribution in [0.3, 0.4) is 0 Å². The number of halogens is 2. The molecule has 0 bridgehead atoms. The maximum absolute atomic E-state index is 13.5. The van der Waals surface area contributed by atoms with Gasteiger partial charge in [-0.2, -0.15) is 5.10 Å². The summed E-state index contributed by atoms with van der Waals surface area (Å²) in [7, 11) is 1.78. The van der Waals surface area contributed by atoms with Gasteiger partial charge in [0.2, 0.25) is 0 Å².